The van der Waals surface area contributed by atoms with Gasteiger partial charge in [-0.3, -0.25) is 15.0 Å². The average molecular weight is 448 g/mol. The van der Waals surface area contributed by atoms with Crippen molar-refractivity contribution < 1.29 is 22.7 Å². The molecule has 0 radical (unpaired) electrons. The van der Waals surface area contributed by atoms with Crippen LogP contribution in [0, 0.1) is 0 Å². The number of amides is 1. The third kappa shape index (κ3) is 5.80. The average Bonchev–Trinajstić information content (AvgIpc) is 3.14. The van der Waals surface area contributed by atoms with Crippen LogP contribution < -0.4 is 10.1 Å². The summed E-state index contributed by atoms with van der Waals surface area (Å²) in [7, 11) is 0. The molecule has 162 valence electrons. The first-order chi connectivity index (χ1) is 14.9. The van der Waals surface area contributed by atoms with Gasteiger partial charge in [0, 0.05) is 43.2 Å². The molecule has 0 unspecified atom stereocenters. The minimum Gasteiger partial charge on any atom is -0.468 e. The Balaban J connectivity index is 1.35. The van der Waals surface area contributed by atoms with Gasteiger partial charge in [-0.15, -0.1) is 11.3 Å². The lowest BCUT2D eigenvalue weighted by Gasteiger charge is -2.25. The van der Waals surface area contributed by atoms with Crippen LogP contribution in [-0.4, -0.2) is 40.1 Å². The highest BCUT2D eigenvalue weighted by Crippen LogP contribution is 2.29. The van der Waals surface area contributed by atoms with Gasteiger partial charge in [-0.25, -0.2) is 9.97 Å². The fraction of sp³-hybridized carbons (Fsp3) is 0.286. The Kier molecular flexibility index (Phi) is 6.19. The summed E-state index contributed by atoms with van der Waals surface area (Å²) < 4.78 is 41.1. The van der Waals surface area contributed by atoms with Crippen molar-refractivity contribution in [2.75, 3.05) is 18.5 Å². The summed E-state index contributed by atoms with van der Waals surface area (Å²) in [4.78, 5) is 24.2. The van der Waals surface area contributed by atoms with Crippen LogP contribution in [0.3, 0.4) is 0 Å². The Morgan fingerprint density at radius 2 is 2.00 bits per heavy atom. The molecule has 1 aromatic carbocycles. The molecule has 0 saturated carbocycles. The summed E-state index contributed by atoms with van der Waals surface area (Å²) >= 11 is 1.43. The zero-order valence-electron chi connectivity index (χ0n) is 16.4. The Hall–Kier alpha value is -2.98. The molecule has 0 fully saturated rings. The molecule has 6 nitrogen and oxygen atoms in total. The number of rotatable bonds is 6. The molecule has 4 rings (SSSR count). The molecule has 0 saturated heterocycles. The van der Waals surface area contributed by atoms with E-state index < -0.39 is 18.7 Å². The number of carbonyl (C=O) groups is 1. The fourth-order valence-corrected chi connectivity index (χ4v) is 4.25. The number of aromatic nitrogens is 2. The third-order valence-electron chi connectivity index (χ3n) is 4.66. The van der Waals surface area contributed by atoms with Gasteiger partial charge in [0.15, 0.2) is 11.7 Å². The van der Waals surface area contributed by atoms with Crippen molar-refractivity contribution in [3.05, 3.63) is 70.4 Å². The van der Waals surface area contributed by atoms with E-state index >= 15 is 0 Å². The Labute approximate surface area is 180 Å². The number of carbonyl (C=O) groups excluding carboxylic acids is 1. The number of fused-ring (bicyclic) bond motifs is 1. The second-order valence-corrected chi connectivity index (χ2v) is 8.16. The minimum atomic E-state index is -4.45. The Morgan fingerprint density at radius 1 is 1.19 bits per heavy atom. The predicted molar refractivity (Wildman–Crippen MR) is 110 cm³/mol. The number of halogens is 3. The molecule has 31 heavy (non-hydrogen) atoms. The predicted octanol–water partition coefficient (Wildman–Crippen LogP) is 4.29. The van der Waals surface area contributed by atoms with E-state index in [4.69, 9.17) is 0 Å². The molecule has 1 N–H and O–H groups in total. The monoisotopic (exact) mass is 448 g/mol. The number of anilines is 1. The van der Waals surface area contributed by atoms with Crippen molar-refractivity contribution in [3.8, 4) is 5.88 Å². The van der Waals surface area contributed by atoms with E-state index in [1.54, 1.807) is 0 Å². The van der Waals surface area contributed by atoms with Crippen molar-refractivity contribution in [3.63, 3.8) is 0 Å². The highest BCUT2D eigenvalue weighted by atomic mass is 32.1. The highest BCUT2D eigenvalue weighted by molar-refractivity contribution is 7.15. The molecule has 3 aromatic rings. The number of nitrogens with one attached hydrogen (secondary N) is 1. The summed E-state index contributed by atoms with van der Waals surface area (Å²) in [5, 5.41) is 3.24. The highest BCUT2D eigenvalue weighted by Gasteiger charge is 2.28. The van der Waals surface area contributed by atoms with Crippen molar-refractivity contribution in [1.29, 1.82) is 0 Å². The molecule has 0 bridgehead atoms. The molecule has 1 aliphatic rings. The second-order valence-electron chi connectivity index (χ2n) is 7.08. The molecule has 1 aliphatic heterocycles. The van der Waals surface area contributed by atoms with Gasteiger partial charge >= 0.3 is 6.18 Å². The number of hydrogen-bond donors (Lipinski definition) is 1. The number of hydrogen-bond acceptors (Lipinski definition) is 6. The van der Waals surface area contributed by atoms with Crippen LogP contribution in [0.15, 0.2) is 48.7 Å². The minimum absolute atomic E-state index is 0.197. The SMILES string of the molecule is O=C(Nc1nc2c(s1)CN(Cc1ccccc1)CC2)c1ccc(OCC(F)(F)F)nc1. The van der Waals surface area contributed by atoms with E-state index in [0.717, 1.165) is 36.6 Å². The van der Waals surface area contributed by atoms with Gasteiger partial charge in [-0.05, 0) is 11.6 Å². The standard InChI is InChI=1S/C21H19F3N4O2S/c22-21(23,24)13-30-18-7-6-15(10-25-18)19(29)27-20-26-16-8-9-28(12-17(16)31-20)11-14-4-2-1-3-5-14/h1-7,10H,8-9,11-13H2,(H,26,27,29). The van der Waals surface area contributed by atoms with Crippen LogP contribution in [-0.2, 0) is 19.5 Å². The lowest BCUT2D eigenvalue weighted by atomic mass is 10.1. The van der Waals surface area contributed by atoms with Gasteiger partial charge < -0.3 is 4.74 Å². The zero-order valence-corrected chi connectivity index (χ0v) is 17.2. The normalized spacial score (nSPS) is 14.2. The summed E-state index contributed by atoms with van der Waals surface area (Å²) in [6.45, 7) is 1.08. The van der Waals surface area contributed by atoms with Gasteiger partial charge in [0.1, 0.15) is 0 Å². The largest absolute Gasteiger partial charge is 0.468 e. The molecule has 0 atom stereocenters. The van der Waals surface area contributed by atoms with E-state index in [9.17, 15) is 18.0 Å². The first kappa shape index (κ1) is 21.3. The molecule has 0 spiro atoms. The molecular weight excluding hydrogens is 429 g/mol. The maximum absolute atomic E-state index is 12.4. The first-order valence-corrected chi connectivity index (χ1v) is 10.4. The quantitative estimate of drug-likeness (QED) is 0.610. The van der Waals surface area contributed by atoms with Crippen LogP contribution in [0.4, 0.5) is 18.3 Å². The van der Waals surface area contributed by atoms with E-state index in [1.165, 1.54) is 35.2 Å². The zero-order chi connectivity index (χ0) is 21.8. The molecule has 2 aromatic heterocycles. The van der Waals surface area contributed by atoms with Crippen molar-refractivity contribution in [1.82, 2.24) is 14.9 Å². The lowest BCUT2D eigenvalue weighted by molar-refractivity contribution is -0.154. The van der Waals surface area contributed by atoms with Gasteiger partial charge in [-0.1, -0.05) is 30.3 Å². The third-order valence-corrected chi connectivity index (χ3v) is 5.66. The summed E-state index contributed by atoms with van der Waals surface area (Å²) in [6, 6.07) is 12.8. The van der Waals surface area contributed by atoms with Crippen molar-refractivity contribution >= 4 is 22.4 Å². The van der Waals surface area contributed by atoms with E-state index in [0.29, 0.717) is 5.13 Å². The summed E-state index contributed by atoms with van der Waals surface area (Å²) in [5.74, 6) is -0.626. The van der Waals surface area contributed by atoms with E-state index in [2.05, 4.69) is 37.1 Å². The number of thiazole rings is 1. The van der Waals surface area contributed by atoms with Crippen LogP contribution in [0.2, 0.25) is 0 Å². The van der Waals surface area contributed by atoms with Crippen LogP contribution >= 0.6 is 11.3 Å². The van der Waals surface area contributed by atoms with Crippen molar-refractivity contribution in [2.45, 2.75) is 25.7 Å². The van der Waals surface area contributed by atoms with E-state index in [-0.39, 0.29) is 11.4 Å². The van der Waals surface area contributed by atoms with Crippen LogP contribution in [0.25, 0.3) is 0 Å². The lowest BCUT2D eigenvalue weighted by Crippen LogP contribution is -2.29. The van der Waals surface area contributed by atoms with Crippen molar-refractivity contribution in [2.24, 2.45) is 0 Å². The smallest absolute Gasteiger partial charge is 0.422 e. The first-order valence-electron chi connectivity index (χ1n) is 9.57. The molecule has 10 heteroatoms. The number of nitrogens with zero attached hydrogens (tertiary/aromatic N) is 3. The summed E-state index contributed by atoms with van der Waals surface area (Å²) in [5.41, 5.74) is 2.44. The second kappa shape index (κ2) is 9.03. The molecule has 0 aliphatic carbocycles. The van der Waals surface area contributed by atoms with Gasteiger partial charge in [0.2, 0.25) is 5.88 Å². The number of ether oxygens (including phenoxy) is 1. The number of benzene rings is 1. The maximum atomic E-state index is 12.4. The topological polar surface area (TPSA) is 67.4 Å². The number of pyridine rings is 1. The van der Waals surface area contributed by atoms with Gasteiger partial charge in [-0.2, -0.15) is 13.2 Å². The molecule has 3 heterocycles. The summed E-state index contributed by atoms with van der Waals surface area (Å²) in [6.07, 6.45) is -2.46. The Bertz CT molecular complexity index is 1040. The molecular formula is C21H19F3N4O2S. The van der Waals surface area contributed by atoms with Gasteiger partial charge in [0.25, 0.3) is 5.91 Å². The maximum Gasteiger partial charge on any atom is 0.422 e. The van der Waals surface area contributed by atoms with Gasteiger partial charge in [0.05, 0.1) is 11.3 Å². The Morgan fingerprint density at radius 3 is 2.71 bits per heavy atom. The fourth-order valence-electron chi connectivity index (χ4n) is 3.20. The number of alkyl halides is 3. The molecule has 1 amide bonds. The van der Waals surface area contributed by atoms with Crippen LogP contribution in [0.5, 0.6) is 5.88 Å². The van der Waals surface area contributed by atoms with E-state index in [1.807, 2.05) is 18.2 Å². The van der Waals surface area contributed by atoms with Crippen LogP contribution in [0.1, 0.15) is 26.5 Å².